The number of para-hydroxylation sites is 3. The molecule has 0 atom stereocenters. The van der Waals surface area contributed by atoms with Gasteiger partial charge in [0, 0.05) is 50.5 Å². The zero-order chi connectivity index (χ0) is 56.6. The van der Waals surface area contributed by atoms with Crippen LogP contribution >= 0.6 is 0 Å². The highest BCUT2D eigenvalue weighted by Gasteiger charge is 2.44. The molecule has 0 saturated carbocycles. The minimum atomic E-state index is -4.54. The Labute approximate surface area is 469 Å². The fourth-order valence-corrected chi connectivity index (χ4v) is 12.1. The predicted octanol–water partition coefficient (Wildman–Crippen LogP) is 18.3. The van der Waals surface area contributed by atoms with Crippen molar-refractivity contribution in [2.45, 2.75) is 111 Å². The maximum atomic E-state index is 14.3. The van der Waals surface area contributed by atoms with Crippen molar-refractivity contribution >= 4 is 79.0 Å². The van der Waals surface area contributed by atoms with Crippen molar-refractivity contribution < 1.29 is 13.2 Å². The van der Waals surface area contributed by atoms with Gasteiger partial charge < -0.3 is 14.4 Å². The van der Waals surface area contributed by atoms with E-state index in [0.29, 0.717) is 22.4 Å². The van der Waals surface area contributed by atoms with Crippen molar-refractivity contribution in [3.8, 4) is 34.0 Å². The summed E-state index contributed by atoms with van der Waals surface area (Å²) in [4.78, 5) is 5.06. The number of benzene rings is 9. The van der Waals surface area contributed by atoms with Crippen LogP contribution in [-0.2, 0) is 27.8 Å². The minimum absolute atomic E-state index is 0.0754. The van der Waals surface area contributed by atoms with Crippen molar-refractivity contribution in [1.82, 2.24) is 4.57 Å². The molecule has 2 aliphatic rings. The lowest BCUT2D eigenvalue weighted by Crippen LogP contribution is -2.61. The lowest BCUT2D eigenvalue weighted by Gasteiger charge is -2.45. The molecule has 10 aromatic rings. The summed E-state index contributed by atoms with van der Waals surface area (Å²) in [5.74, 6) is 0. The molecule has 0 N–H and O–H groups in total. The highest BCUT2D eigenvalue weighted by atomic mass is 19.4. The number of hydrogen-bond acceptors (Lipinski definition) is 3. The lowest BCUT2D eigenvalue weighted by atomic mass is 9.33. The molecule has 1 aromatic heterocycles. The van der Waals surface area contributed by atoms with Crippen LogP contribution in [0.2, 0.25) is 0 Å². The van der Waals surface area contributed by atoms with Crippen LogP contribution in [0, 0.1) is 11.3 Å². The molecule has 0 amide bonds. The summed E-state index contributed by atoms with van der Waals surface area (Å²) >= 11 is 0. The number of anilines is 6. The Kier molecular flexibility index (Phi) is 12.1. The fourth-order valence-electron chi connectivity index (χ4n) is 12.1. The van der Waals surface area contributed by atoms with E-state index in [1.165, 1.54) is 50.8 Å². The van der Waals surface area contributed by atoms with Gasteiger partial charge in [-0.15, -0.1) is 0 Å². The van der Waals surface area contributed by atoms with Crippen LogP contribution in [0.25, 0.3) is 49.7 Å². The van der Waals surface area contributed by atoms with Gasteiger partial charge in [0.05, 0.1) is 33.9 Å². The van der Waals surface area contributed by atoms with Gasteiger partial charge >= 0.3 is 6.18 Å². The average Bonchev–Trinajstić information content (AvgIpc) is 1.51. The first-order valence-electron chi connectivity index (χ1n) is 27.8. The second-order valence-electron chi connectivity index (χ2n) is 26.2. The summed E-state index contributed by atoms with van der Waals surface area (Å²) < 4.78 is 45.0. The molecule has 12 rings (SSSR count). The predicted molar refractivity (Wildman–Crippen MR) is 330 cm³/mol. The van der Waals surface area contributed by atoms with E-state index in [9.17, 15) is 18.4 Å². The molecule has 9 aromatic carbocycles. The number of aromatic nitrogens is 1. The third kappa shape index (κ3) is 8.87. The first-order chi connectivity index (χ1) is 37.8. The van der Waals surface area contributed by atoms with Crippen LogP contribution in [0.4, 0.5) is 47.3 Å². The number of nitriles is 1. The van der Waals surface area contributed by atoms with Gasteiger partial charge in [0.1, 0.15) is 0 Å². The Balaban J connectivity index is 1.17. The van der Waals surface area contributed by atoms with E-state index in [0.717, 1.165) is 73.1 Å². The number of fused-ring (bicyclic) bond motifs is 7. The van der Waals surface area contributed by atoms with Crippen LogP contribution in [-0.4, -0.2) is 11.3 Å². The number of rotatable bonds is 5. The van der Waals surface area contributed by atoms with Gasteiger partial charge in [-0.05, 0) is 174 Å². The van der Waals surface area contributed by atoms with Crippen LogP contribution < -0.4 is 26.2 Å². The first-order valence-corrected chi connectivity index (χ1v) is 27.8. The van der Waals surface area contributed by atoms with Gasteiger partial charge in [0.15, 0.2) is 0 Å². The van der Waals surface area contributed by atoms with Crippen LogP contribution in [0.1, 0.15) is 116 Å². The molecule has 0 spiro atoms. The Bertz CT molecular complexity index is 3990. The smallest absolute Gasteiger partial charge is 0.311 e. The van der Waals surface area contributed by atoms with Crippen molar-refractivity contribution in [2.24, 2.45) is 0 Å². The molecular weight excluding hydrogens is 989 g/mol. The summed E-state index contributed by atoms with van der Waals surface area (Å²) in [6, 6.07) is 64.9. The summed E-state index contributed by atoms with van der Waals surface area (Å²) in [7, 11) is 0. The molecule has 0 saturated heterocycles. The Morgan fingerprint density at radius 1 is 0.388 bits per heavy atom. The van der Waals surface area contributed by atoms with E-state index in [1.54, 1.807) is 18.2 Å². The molecule has 8 heteroatoms. The number of nitrogens with zero attached hydrogens (tertiary/aromatic N) is 4. The maximum absolute atomic E-state index is 14.3. The standard InChI is InChI=1S/C72H66BF3N4/c1-68(2,3)49-37-50(69(4,5)6)40-53(39-49)78-63-26-17-14-23-58(63)73-59-24-15-18-27-64(59)79(54-41-51(70(7,8)9)38-52(42-54)71(10,11)12)66-36-47(35-65(78)67(66)73)45-29-31-62-57(34-45)55-22-13-16-25-60(55)80(62)61-30-28-44(43-77)32-56(61)46-20-19-21-48(33-46)72(74,75)76/h13-42H,1-12H3. The number of hydrogen-bond donors (Lipinski definition) is 0. The summed E-state index contributed by atoms with van der Waals surface area (Å²) in [6.07, 6.45) is -4.54. The molecular formula is C72H66BF3N4. The summed E-state index contributed by atoms with van der Waals surface area (Å²) in [5, 5.41) is 12.1. The van der Waals surface area contributed by atoms with E-state index in [2.05, 4.69) is 231 Å². The third-order valence-electron chi connectivity index (χ3n) is 16.6. The zero-order valence-corrected chi connectivity index (χ0v) is 47.8. The van der Waals surface area contributed by atoms with Gasteiger partial charge in [-0.3, -0.25) is 0 Å². The molecule has 0 fully saturated rings. The zero-order valence-electron chi connectivity index (χ0n) is 47.8. The molecule has 398 valence electrons. The monoisotopic (exact) mass is 1050 g/mol. The number of halogens is 3. The van der Waals surface area contributed by atoms with Crippen molar-refractivity contribution in [3.05, 3.63) is 215 Å². The highest BCUT2D eigenvalue weighted by molar-refractivity contribution is 7.00. The summed E-state index contributed by atoms with van der Waals surface area (Å²) in [6.45, 7) is 27.5. The highest BCUT2D eigenvalue weighted by Crippen LogP contribution is 2.49. The molecule has 0 radical (unpaired) electrons. The molecule has 0 bridgehead atoms. The quantitative estimate of drug-likeness (QED) is 0.161. The number of alkyl halides is 3. The fraction of sp³-hybridized carbons (Fsp3) is 0.236. The van der Waals surface area contributed by atoms with Gasteiger partial charge in [0.25, 0.3) is 6.71 Å². The van der Waals surface area contributed by atoms with Gasteiger partial charge in [-0.25, -0.2) is 0 Å². The maximum Gasteiger partial charge on any atom is 0.416 e. The third-order valence-corrected chi connectivity index (χ3v) is 16.6. The molecule has 0 aliphatic carbocycles. The van der Waals surface area contributed by atoms with Crippen molar-refractivity contribution in [3.63, 3.8) is 0 Å². The average molecular weight is 1060 g/mol. The van der Waals surface area contributed by atoms with Crippen LogP contribution in [0.5, 0.6) is 0 Å². The first kappa shape index (κ1) is 52.4. The molecule has 0 unspecified atom stereocenters. The Hall–Kier alpha value is -8.28. The van der Waals surface area contributed by atoms with Crippen LogP contribution in [0.3, 0.4) is 0 Å². The van der Waals surface area contributed by atoms with E-state index < -0.39 is 11.7 Å². The van der Waals surface area contributed by atoms with Crippen LogP contribution in [0.15, 0.2) is 182 Å². The Morgan fingerprint density at radius 3 is 1.40 bits per heavy atom. The molecule has 3 heterocycles. The van der Waals surface area contributed by atoms with Crippen molar-refractivity contribution in [1.29, 1.82) is 5.26 Å². The topological polar surface area (TPSA) is 35.2 Å². The van der Waals surface area contributed by atoms with Gasteiger partial charge in [-0.1, -0.05) is 168 Å². The molecule has 80 heavy (non-hydrogen) atoms. The van der Waals surface area contributed by atoms with Gasteiger partial charge in [0.2, 0.25) is 0 Å². The SMILES string of the molecule is CC(C)(C)c1cc(N2c3ccccc3B3c4ccccc4N(c4cc(C(C)(C)C)cc(C(C)(C)C)c4)c4cc(-c5ccc6c(c5)c5ccccc5n6-c5ccc(C#N)cc5-c5cccc(C(F)(F)F)c5)cc2c43)cc(C(C)(C)C)c1. The van der Waals surface area contributed by atoms with E-state index in [4.69, 9.17) is 0 Å². The molecule has 4 nitrogen and oxygen atoms in total. The van der Waals surface area contributed by atoms with E-state index in [1.807, 2.05) is 18.2 Å². The van der Waals surface area contributed by atoms with E-state index in [-0.39, 0.29) is 28.4 Å². The second kappa shape index (κ2) is 18.4. The normalized spacial score (nSPS) is 13.6. The van der Waals surface area contributed by atoms with Crippen molar-refractivity contribution in [2.75, 3.05) is 9.80 Å². The largest absolute Gasteiger partial charge is 0.416 e. The second-order valence-corrected chi connectivity index (χ2v) is 26.2. The Morgan fingerprint density at radius 2 is 0.887 bits per heavy atom. The minimum Gasteiger partial charge on any atom is -0.311 e. The van der Waals surface area contributed by atoms with Gasteiger partial charge in [-0.2, -0.15) is 18.4 Å². The molecule has 2 aliphatic heterocycles. The lowest BCUT2D eigenvalue weighted by molar-refractivity contribution is -0.137. The van der Waals surface area contributed by atoms with E-state index >= 15 is 0 Å². The summed E-state index contributed by atoms with van der Waals surface area (Å²) in [5.41, 5.74) is 20.1.